The van der Waals surface area contributed by atoms with Gasteiger partial charge in [-0.25, -0.2) is 0 Å². The van der Waals surface area contributed by atoms with Crippen molar-refractivity contribution in [1.82, 2.24) is 20.0 Å². The minimum Gasteiger partial charge on any atom is -0.493 e. The number of amides is 1. The number of anilines is 1. The van der Waals surface area contributed by atoms with Gasteiger partial charge < -0.3 is 19.4 Å². The Morgan fingerprint density at radius 1 is 1.24 bits per heavy atom. The summed E-state index contributed by atoms with van der Waals surface area (Å²) in [4.78, 5) is 18.3. The second-order valence-corrected chi connectivity index (χ2v) is 10.9. The van der Waals surface area contributed by atoms with E-state index in [4.69, 9.17) is 4.74 Å². The molecule has 2 aliphatic heterocycles. The van der Waals surface area contributed by atoms with Gasteiger partial charge in [0.1, 0.15) is 11.8 Å². The first-order valence-electron chi connectivity index (χ1n) is 13.3. The van der Waals surface area contributed by atoms with Gasteiger partial charge in [-0.2, -0.15) is 10.4 Å². The summed E-state index contributed by atoms with van der Waals surface area (Å²) in [6, 6.07) is 10.7. The molecule has 8 heteroatoms. The molecular weight excluding hydrogens is 476 g/mol. The Labute approximate surface area is 224 Å². The molecule has 0 bridgehead atoms. The zero-order valence-corrected chi connectivity index (χ0v) is 22.6. The maximum Gasteiger partial charge on any atom is 0.245 e. The van der Waals surface area contributed by atoms with Crippen molar-refractivity contribution in [2.75, 3.05) is 58.3 Å². The fourth-order valence-corrected chi connectivity index (χ4v) is 5.93. The Morgan fingerprint density at radius 3 is 2.68 bits per heavy atom. The molecule has 3 aromatic rings. The maximum atomic E-state index is 12.0. The predicted octanol–water partition coefficient (Wildman–Crippen LogP) is 4.36. The van der Waals surface area contributed by atoms with E-state index in [9.17, 15) is 10.1 Å². The highest BCUT2D eigenvalue weighted by atomic mass is 16.5. The maximum absolute atomic E-state index is 12.0. The molecule has 0 atom stereocenters. The van der Waals surface area contributed by atoms with Crippen LogP contribution in [0.15, 0.2) is 43.1 Å². The van der Waals surface area contributed by atoms with Gasteiger partial charge in [0.15, 0.2) is 0 Å². The first kappa shape index (κ1) is 25.8. The second kappa shape index (κ2) is 10.5. The summed E-state index contributed by atoms with van der Waals surface area (Å²) >= 11 is 0. The number of aromatic nitrogens is 2. The average Bonchev–Trinajstić information content (AvgIpc) is 3.38. The zero-order chi connectivity index (χ0) is 26.9. The Balaban J connectivity index is 1.48. The standard InChI is InChI=1S/C30H36N6O2/c1-5-27(37)36-19-30(20-36)11-14-35(15-12-30)25-9-10-26(38-16-6-13-34(3)4)29(22(25)17-31)28-21(2)7-8-24-23(28)18-32-33-24/h5,7-10,18H,1,6,11-16,19-20H2,2-4H3,(H,32,33). The van der Waals surface area contributed by atoms with Crippen molar-refractivity contribution in [1.29, 1.82) is 5.26 Å². The molecule has 1 aromatic heterocycles. The molecule has 2 fully saturated rings. The number of H-pyrrole nitrogens is 1. The number of likely N-dealkylation sites (tertiary alicyclic amines) is 1. The summed E-state index contributed by atoms with van der Waals surface area (Å²) in [6.07, 6.45) is 6.11. The van der Waals surface area contributed by atoms with Crippen molar-refractivity contribution in [3.05, 3.63) is 54.2 Å². The first-order valence-corrected chi connectivity index (χ1v) is 13.3. The van der Waals surface area contributed by atoms with Crippen LogP contribution >= 0.6 is 0 Å². The third kappa shape index (κ3) is 4.74. The number of hydrogen-bond donors (Lipinski definition) is 1. The number of carbonyl (C=O) groups excluding carboxylic acids is 1. The first-order chi connectivity index (χ1) is 18.4. The Bertz CT molecular complexity index is 1390. The Morgan fingerprint density at radius 2 is 2.00 bits per heavy atom. The molecule has 5 rings (SSSR count). The van der Waals surface area contributed by atoms with Gasteiger partial charge >= 0.3 is 0 Å². The van der Waals surface area contributed by atoms with Crippen LogP contribution in [0.2, 0.25) is 0 Å². The number of aryl methyl sites for hydroxylation is 1. The molecule has 198 valence electrons. The summed E-state index contributed by atoms with van der Waals surface area (Å²) in [6.45, 7) is 10.5. The van der Waals surface area contributed by atoms with Gasteiger partial charge in [0.25, 0.3) is 0 Å². The summed E-state index contributed by atoms with van der Waals surface area (Å²) in [5.41, 5.74) is 5.59. The minimum absolute atomic E-state index is 0.0134. The largest absolute Gasteiger partial charge is 0.493 e. The number of hydrogen-bond acceptors (Lipinski definition) is 6. The lowest BCUT2D eigenvalue weighted by Crippen LogP contribution is -2.61. The van der Waals surface area contributed by atoms with E-state index in [-0.39, 0.29) is 11.3 Å². The molecule has 1 amide bonds. The number of nitrogens with zero attached hydrogens (tertiary/aromatic N) is 5. The normalized spacial score (nSPS) is 16.5. The molecule has 3 heterocycles. The van der Waals surface area contributed by atoms with Crippen molar-refractivity contribution in [2.45, 2.75) is 26.2 Å². The molecule has 8 nitrogen and oxygen atoms in total. The molecular formula is C30H36N6O2. The van der Waals surface area contributed by atoms with Crippen LogP contribution in [-0.2, 0) is 4.79 Å². The van der Waals surface area contributed by atoms with E-state index in [1.165, 1.54) is 6.08 Å². The number of nitrogens with one attached hydrogen (secondary N) is 1. The number of carbonyl (C=O) groups is 1. The number of aromatic amines is 1. The van der Waals surface area contributed by atoms with Crippen molar-refractivity contribution in [3.8, 4) is 22.9 Å². The fourth-order valence-electron chi connectivity index (χ4n) is 5.93. The Hall–Kier alpha value is -3.83. The van der Waals surface area contributed by atoms with Crippen LogP contribution in [0.5, 0.6) is 5.75 Å². The highest BCUT2D eigenvalue weighted by Crippen LogP contribution is 2.46. The third-order valence-electron chi connectivity index (χ3n) is 8.05. The molecule has 38 heavy (non-hydrogen) atoms. The monoisotopic (exact) mass is 512 g/mol. The number of rotatable bonds is 8. The number of fused-ring (bicyclic) bond motifs is 1. The van der Waals surface area contributed by atoms with Gasteiger partial charge in [0.05, 0.1) is 29.6 Å². The van der Waals surface area contributed by atoms with E-state index >= 15 is 0 Å². The van der Waals surface area contributed by atoms with Crippen LogP contribution < -0.4 is 9.64 Å². The second-order valence-electron chi connectivity index (χ2n) is 10.9. The molecule has 0 aliphatic carbocycles. The zero-order valence-electron chi connectivity index (χ0n) is 22.6. The average molecular weight is 513 g/mol. The highest BCUT2D eigenvalue weighted by molar-refractivity contribution is 6.00. The van der Waals surface area contributed by atoms with Gasteiger partial charge in [0.2, 0.25) is 5.91 Å². The molecule has 1 spiro atoms. The predicted molar refractivity (Wildman–Crippen MR) is 150 cm³/mol. The Kier molecular flexibility index (Phi) is 7.13. The minimum atomic E-state index is 0.0134. The van der Waals surface area contributed by atoms with Gasteiger partial charge in [-0.05, 0) is 70.1 Å². The number of piperidine rings is 1. The van der Waals surface area contributed by atoms with Gasteiger partial charge in [0, 0.05) is 54.7 Å². The van der Waals surface area contributed by atoms with Crippen molar-refractivity contribution < 1.29 is 9.53 Å². The van der Waals surface area contributed by atoms with Gasteiger partial charge in [-0.1, -0.05) is 12.6 Å². The van der Waals surface area contributed by atoms with Crippen LogP contribution in [0.25, 0.3) is 22.0 Å². The molecule has 2 saturated heterocycles. The van der Waals surface area contributed by atoms with Crippen LogP contribution in [-0.4, -0.2) is 79.3 Å². The number of nitriles is 1. The van der Waals surface area contributed by atoms with E-state index in [1.54, 1.807) is 0 Å². The van der Waals surface area contributed by atoms with E-state index in [0.29, 0.717) is 12.2 Å². The third-order valence-corrected chi connectivity index (χ3v) is 8.05. The summed E-state index contributed by atoms with van der Waals surface area (Å²) in [5.74, 6) is 0.742. The lowest BCUT2D eigenvalue weighted by Gasteiger charge is -2.54. The number of benzene rings is 2. The lowest BCUT2D eigenvalue weighted by atomic mass is 9.71. The van der Waals surface area contributed by atoms with Gasteiger partial charge in [-0.3, -0.25) is 9.89 Å². The lowest BCUT2D eigenvalue weighted by molar-refractivity contribution is -0.139. The fraction of sp³-hybridized carbons (Fsp3) is 0.433. The van der Waals surface area contributed by atoms with E-state index in [0.717, 1.165) is 91.0 Å². The van der Waals surface area contributed by atoms with Crippen LogP contribution in [0.3, 0.4) is 0 Å². The van der Waals surface area contributed by atoms with E-state index in [1.807, 2.05) is 29.3 Å². The van der Waals surface area contributed by atoms with Gasteiger partial charge in [-0.15, -0.1) is 0 Å². The molecule has 0 saturated carbocycles. The van der Waals surface area contributed by atoms with Crippen LogP contribution in [0, 0.1) is 23.7 Å². The smallest absolute Gasteiger partial charge is 0.245 e. The molecule has 1 N–H and O–H groups in total. The van der Waals surface area contributed by atoms with Crippen molar-refractivity contribution in [2.24, 2.45) is 5.41 Å². The summed E-state index contributed by atoms with van der Waals surface area (Å²) in [7, 11) is 4.11. The van der Waals surface area contributed by atoms with Crippen LogP contribution in [0.4, 0.5) is 5.69 Å². The SMILES string of the molecule is C=CC(=O)N1CC2(CCN(c3ccc(OCCCN(C)C)c(-c4c(C)ccc5[nH]ncc45)c3C#N)CC2)C1. The molecule has 0 radical (unpaired) electrons. The summed E-state index contributed by atoms with van der Waals surface area (Å²) in [5, 5.41) is 18.9. The van der Waals surface area contributed by atoms with Crippen molar-refractivity contribution >= 4 is 22.5 Å². The summed E-state index contributed by atoms with van der Waals surface area (Å²) < 4.78 is 6.34. The van der Waals surface area contributed by atoms with Crippen molar-refractivity contribution in [3.63, 3.8) is 0 Å². The molecule has 0 unspecified atom stereocenters. The highest BCUT2D eigenvalue weighted by Gasteiger charge is 2.46. The molecule has 2 aliphatic rings. The van der Waals surface area contributed by atoms with Crippen LogP contribution in [0.1, 0.15) is 30.4 Å². The number of ether oxygens (including phenoxy) is 1. The quantitative estimate of drug-likeness (QED) is 0.357. The topological polar surface area (TPSA) is 88.5 Å². The van der Waals surface area contributed by atoms with E-state index in [2.05, 4.69) is 59.7 Å². The van der Waals surface area contributed by atoms with E-state index < -0.39 is 0 Å². The molecule has 2 aromatic carbocycles.